The van der Waals surface area contributed by atoms with Crippen LogP contribution in [0.2, 0.25) is 0 Å². The Morgan fingerprint density at radius 1 is 1.36 bits per heavy atom. The van der Waals surface area contributed by atoms with Crippen molar-refractivity contribution in [2.24, 2.45) is 11.3 Å². The first-order valence-corrected chi connectivity index (χ1v) is 7.75. The van der Waals surface area contributed by atoms with E-state index in [1.54, 1.807) is 0 Å². The van der Waals surface area contributed by atoms with Crippen molar-refractivity contribution in [1.82, 2.24) is 5.32 Å². The average Bonchev–Trinajstić information content (AvgIpc) is 3.37. The smallest absolute Gasteiger partial charge is 0.319 e. The van der Waals surface area contributed by atoms with Crippen LogP contribution in [0.1, 0.15) is 36.8 Å². The van der Waals surface area contributed by atoms with Crippen molar-refractivity contribution in [1.29, 1.82) is 0 Å². The van der Waals surface area contributed by atoms with E-state index in [-0.39, 0.29) is 0 Å². The van der Waals surface area contributed by atoms with Crippen LogP contribution in [0.15, 0.2) is 18.2 Å². The van der Waals surface area contributed by atoms with E-state index in [2.05, 4.69) is 5.32 Å². The van der Waals surface area contributed by atoms with Crippen LogP contribution in [0.3, 0.4) is 0 Å². The number of aryl methyl sites for hydroxylation is 1. The van der Waals surface area contributed by atoms with Gasteiger partial charge in [-0.1, -0.05) is 12.1 Å². The van der Waals surface area contributed by atoms with Crippen LogP contribution < -0.4 is 10.1 Å². The number of ether oxygens (including phenoxy) is 1. The Hall–Kier alpha value is -2.04. The molecule has 5 nitrogen and oxygen atoms in total. The maximum Gasteiger partial charge on any atom is 0.319 e. The summed E-state index contributed by atoms with van der Waals surface area (Å²) in [5.74, 6) is 0.0184. The first-order chi connectivity index (χ1) is 10.5. The van der Waals surface area contributed by atoms with Gasteiger partial charge in [-0.05, 0) is 50.2 Å². The summed E-state index contributed by atoms with van der Waals surface area (Å²) < 4.78 is 5.86. The molecular weight excluding hydrogens is 282 g/mol. The number of carbonyl (C=O) groups is 2. The summed E-state index contributed by atoms with van der Waals surface area (Å²) in [5, 5.41) is 11.9. The highest BCUT2D eigenvalue weighted by molar-refractivity contribution is 6.04. The van der Waals surface area contributed by atoms with Crippen LogP contribution in [0, 0.1) is 18.3 Å². The van der Waals surface area contributed by atoms with Gasteiger partial charge in [0.15, 0.2) is 0 Å². The van der Waals surface area contributed by atoms with Gasteiger partial charge in [-0.25, -0.2) is 0 Å². The summed E-state index contributed by atoms with van der Waals surface area (Å²) in [6.07, 6.45) is 3.29. The number of hydrogen-bond donors (Lipinski definition) is 2. The molecule has 2 aliphatic rings. The number of nitrogens with one attached hydrogen (secondary N) is 1. The quantitative estimate of drug-likeness (QED) is 0.758. The highest BCUT2D eigenvalue weighted by atomic mass is 16.5. The van der Waals surface area contributed by atoms with Gasteiger partial charge in [-0.15, -0.1) is 0 Å². The Morgan fingerprint density at radius 2 is 2.09 bits per heavy atom. The largest absolute Gasteiger partial charge is 0.493 e. The molecule has 1 amide bonds. The van der Waals surface area contributed by atoms with Crippen molar-refractivity contribution in [2.45, 2.75) is 39.2 Å². The molecule has 0 unspecified atom stereocenters. The Morgan fingerprint density at radius 3 is 2.68 bits per heavy atom. The van der Waals surface area contributed by atoms with E-state index < -0.39 is 17.3 Å². The topological polar surface area (TPSA) is 75.6 Å². The summed E-state index contributed by atoms with van der Waals surface area (Å²) in [6.45, 7) is 3.01. The monoisotopic (exact) mass is 303 g/mol. The molecule has 0 aliphatic heterocycles. The molecule has 2 fully saturated rings. The van der Waals surface area contributed by atoms with Crippen LogP contribution in [0.4, 0.5) is 0 Å². The fraction of sp³-hybridized carbons (Fsp3) is 0.529. The highest BCUT2D eigenvalue weighted by Gasteiger charge is 2.56. The van der Waals surface area contributed by atoms with Gasteiger partial charge in [-0.3, -0.25) is 9.59 Å². The molecule has 1 aromatic carbocycles. The lowest BCUT2D eigenvalue weighted by Crippen LogP contribution is -2.36. The summed E-state index contributed by atoms with van der Waals surface area (Å²) in [7, 11) is 0. The fourth-order valence-corrected chi connectivity index (χ4v) is 2.44. The second-order valence-electron chi connectivity index (χ2n) is 6.44. The number of aliphatic carboxylic acids is 1. The van der Waals surface area contributed by atoms with E-state index in [4.69, 9.17) is 9.84 Å². The SMILES string of the molecule is Cc1ccc(CNC(=O)C2(C(=O)O)CC2)c(OCC2CC2)c1. The fourth-order valence-electron chi connectivity index (χ4n) is 2.44. The Kier molecular flexibility index (Phi) is 3.81. The third-order valence-electron chi connectivity index (χ3n) is 4.43. The Labute approximate surface area is 129 Å². The molecule has 2 saturated carbocycles. The molecule has 0 bridgehead atoms. The van der Waals surface area contributed by atoms with Crippen LogP contribution in [0.5, 0.6) is 5.75 Å². The van der Waals surface area contributed by atoms with Crippen molar-refractivity contribution in [2.75, 3.05) is 6.61 Å². The lowest BCUT2D eigenvalue weighted by atomic mass is 10.1. The third kappa shape index (κ3) is 3.08. The zero-order valence-corrected chi connectivity index (χ0v) is 12.7. The van der Waals surface area contributed by atoms with E-state index in [1.807, 2.05) is 25.1 Å². The van der Waals surface area contributed by atoms with Gasteiger partial charge in [0, 0.05) is 12.1 Å². The van der Waals surface area contributed by atoms with E-state index in [0.717, 1.165) is 16.9 Å². The average molecular weight is 303 g/mol. The van der Waals surface area contributed by atoms with Crippen molar-refractivity contribution < 1.29 is 19.4 Å². The van der Waals surface area contributed by atoms with Crippen LogP contribution in [-0.2, 0) is 16.1 Å². The number of amides is 1. The molecule has 0 heterocycles. The van der Waals surface area contributed by atoms with Gasteiger partial charge in [0.1, 0.15) is 11.2 Å². The van der Waals surface area contributed by atoms with Crippen LogP contribution in [-0.4, -0.2) is 23.6 Å². The van der Waals surface area contributed by atoms with Crippen molar-refractivity contribution in [3.8, 4) is 5.75 Å². The minimum atomic E-state index is -1.19. The van der Waals surface area contributed by atoms with Gasteiger partial charge < -0.3 is 15.2 Å². The molecule has 0 atom stereocenters. The predicted molar refractivity (Wildman–Crippen MR) is 80.5 cm³/mol. The lowest BCUT2D eigenvalue weighted by Gasteiger charge is -2.15. The summed E-state index contributed by atoms with van der Waals surface area (Å²) in [4.78, 5) is 23.2. The van der Waals surface area contributed by atoms with Gasteiger partial charge in [0.05, 0.1) is 6.61 Å². The molecular formula is C17H21NO4. The van der Waals surface area contributed by atoms with E-state index in [1.165, 1.54) is 12.8 Å². The van der Waals surface area contributed by atoms with Gasteiger partial charge >= 0.3 is 5.97 Å². The van der Waals surface area contributed by atoms with Gasteiger partial charge in [-0.2, -0.15) is 0 Å². The molecule has 22 heavy (non-hydrogen) atoms. The molecule has 0 saturated heterocycles. The molecule has 0 spiro atoms. The normalized spacial score (nSPS) is 18.6. The summed E-state index contributed by atoms with van der Waals surface area (Å²) in [5.41, 5.74) is 0.797. The summed E-state index contributed by atoms with van der Waals surface area (Å²) >= 11 is 0. The molecule has 0 radical (unpaired) electrons. The molecule has 2 N–H and O–H groups in total. The number of benzene rings is 1. The minimum absolute atomic E-state index is 0.300. The Balaban J connectivity index is 1.63. The molecule has 0 aromatic heterocycles. The van der Waals surface area contributed by atoms with E-state index in [0.29, 0.717) is 31.9 Å². The van der Waals surface area contributed by atoms with Crippen LogP contribution >= 0.6 is 0 Å². The number of carboxylic acids is 1. The second kappa shape index (κ2) is 5.63. The first kappa shape index (κ1) is 14.9. The standard InChI is InChI=1S/C17H21NO4/c1-11-2-5-13(14(8-11)22-10-12-3-4-12)9-18-15(19)17(6-7-17)16(20)21/h2,5,8,12H,3-4,6-7,9-10H2,1H3,(H,18,19)(H,20,21). The molecule has 3 rings (SSSR count). The van der Waals surface area contributed by atoms with E-state index >= 15 is 0 Å². The molecule has 5 heteroatoms. The van der Waals surface area contributed by atoms with Crippen LogP contribution in [0.25, 0.3) is 0 Å². The minimum Gasteiger partial charge on any atom is -0.493 e. The number of carboxylic acid groups (broad SMARTS) is 1. The highest BCUT2D eigenvalue weighted by Crippen LogP contribution is 2.46. The molecule has 118 valence electrons. The van der Waals surface area contributed by atoms with Crippen molar-refractivity contribution in [3.05, 3.63) is 29.3 Å². The second-order valence-corrected chi connectivity index (χ2v) is 6.44. The third-order valence-corrected chi connectivity index (χ3v) is 4.43. The zero-order valence-electron chi connectivity index (χ0n) is 12.7. The maximum absolute atomic E-state index is 12.1. The summed E-state index contributed by atoms with van der Waals surface area (Å²) in [6, 6.07) is 5.86. The van der Waals surface area contributed by atoms with E-state index in [9.17, 15) is 9.59 Å². The van der Waals surface area contributed by atoms with Crippen molar-refractivity contribution in [3.63, 3.8) is 0 Å². The molecule has 1 aromatic rings. The maximum atomic E-state index is 12.1. The number of carbonyl (C=O) groups excluding carboxylic acids is 1. The number of hydrogen-bond acceptors (Lipinski definition) is 3. The van der Waals surface area contributed by atoms with Gasteiger partial charge in [0.2, 0.25) is 5.91 Å². The first-order valence-electron chi connectivity index (χ1n) is 7.75. The number of rotatable bonds is 7. The predicted octanol–water partition coefficient (Wildman–Crippen LogP) is 2.26. The van der Waals surface area contributed by atoms with Crippen molar-refractivity contribution >= 4 is 11.9 Å². The zero-order chi connectivity index (χ0) is 15.7. The molecule has 2 aliphatic carbocycles. The Bertz CT molecular complexity index is 603. The van der Waals surface area contributed by atoms with Gasteiger partial charge in [0.25, 0.3) is 0 Å². The lowest BCUT2D eigenvalue weighted by molar-refractivity contribution is -0.149.